The summed E-state index contributed by atoms with van der Waals surface area (Å²) >= 11 is 0. The zero-order valence-corrected chi connectivity index (χ0v) is 13.1. The fourth-order valence-corrected chi connectivity index (χ4v) is 2.93. The van der Waals surface area contributed by atoms with Gasteiger partial charge in [0.2, 0.25) is 11.8 Å². The number of aromatic nitrogens is 2. The summed E-state index contributed by atoms with van der Waals surface area (Å²) in [4.78, 5) is 36.4. The van der Waals surface area contributed by atoms with E-state index < -0.39 is 10.8 Å². The van der Waals surface area contributed by atoms with Crippen LogP contribution < -0.4 is 0 Å². The standard InChI is InChI=1S/C16H16N4O4/c1-18-9-11(8-17-18)6-13-7-15(21)19(16(13)22)10-12-4-2-3-5-14(12)20(23)24/h2-5,8-9,13H,6-7,10H2,1H3/t13-/m1/s1. The number of likely N-dealkylation sites (tertiary alicyclic amines) is 1. The van der Waals surface area contributed by atoms with Crippen LogP contribution in [0.2, 0.25) is 0 Å². The minimum Gasteiger partial charge on any atom is -0.278 e. The van der Waals surface area contributed by atoms with E-state index in [-0.39, 0.29) is 30.5 Å². The summed E-state index contributed by atoms with van der Waals surface area (Å²) in [7, 11) is 1.78. The second-order valence-corrected chi connectivity index (χ2v) is 5.83. The van der Waals surface area contributed by atoms with Gasteiger partial charge < -0.3 is 0 Å². The van der Waals surface area contributed by atoms with Crippen LogP contribution >= 0.6 is 0 Å². The van der Waals surface area contributed by atoms with Crippen molar-refractivity contribution in [3.63, 3.8) is 0 Å². The van der Waals surface area contributed by atoms with E-state index in [2.05, 4.69) is 5.10 Å². The number of nitrogens with zero attached hydrogens (tertiary/aromatic N) is 4. The molecule has 8 nitrogen and oxygen atoms in total. The first-order valence-corrected chi connectivity index (χ1v) is 7.49. The molecule has 0 saturated carbocycles. The molecule has 1 atom stereocenters. The van der Waals surface area contributed by atoms with Crippen LogP contribution in [0.5, 0.6) is 0 Å². The van der Waals surface area contributed by atoms with Gasteiger partial charge in [0.1, 0.15) is 0 Å². The van der Waals surface area contributed by atoms with Gasteiger partial charge in [0, 0.05) is 31.3 Å². The molecule has 8 heteroatoms. The van der Waals surface area contributed by atoms with Crippen LogP contribution in [0.25, 0.3) is 0 Å². The molecule has 1 fully saturated rings. The maximum Gasteiger partial charge on any atom is 0.274 e. The van der Waals surface area contributed by atoms with Crippen molar-refractivity contribution < 1.29 is 14.5 Å². The summed E-state index contributed by atoms with van der Waals surface area (Å²) in [5.41, 5.74) is 1.15. The van der Waals surface area contributed by atoms with Crippen molar-refractivity contribution in [3.05, 3.63) is 57.9 Å². The molecule has 24 heavy (non-hydrogen) atoms. The van der Waals surface area contributed by atoms with Crippen molar-refractivity contribution in [2.24, 2.45) is 13.0 Å². The molecule has 124 valence electrons. The van der Waals surface area contributed by atoms with Crippen LogP contribution in [-0.2, 0) is 29.6 Å². The largest absolute Gasteiger partial charge is 0.278 e. The lowest BCUT2D eigenvalue weighted by Crippen LogP contribution is -2.30. The van der Waals surface area contributed by atoms with Crippen LogP contribution in [0.15, 0.2) is 36.7 Å². The Morgan fingerprint density at radius 3 is 2.75 bits per heavy atom. The van der Waals surface area contributed by atoms with E-state index in [1.54, 1.807) is 36.1 Å². The number of amides is 2. The fourth-order valence-electron chi connectivity index (χ4n) is 2.93. The molecule has 0 bridgehead atoms. The van der Waals surface area contributed by atoms with Crippen LogP contribution in [0, 0.1) is 16.0 Å². The zero-order chi connectivity index (χ0) is 17.3. The Kier molecular flexibility index (Phi) is 4.11. The molecule has 0 aliphatic carbocycles. The van der Waals surface area contributed by atoms with Crippen LogP contribution in [-0.4, -0.2) is 31.4 Å². The maximum atomic E-state index is 12.5. The molecule has 0 unspecified atom stereocenters. The molecule has 2 heterocycles. The Morgan fingerprint density at radius 2 is 2.08 bits per heavy atom. The number of para-hydroxylation sites is 1. The third-order valence-corrected chi connectivity index (χ3v) is 4.09. The number of nitro groups is 1. The Morgan fingerprint density at radius 1 is 1.33 bits per heavy atom. The molecule has 0 radical (unpaired) electrons. The van der Waals surface area contributed by atoms with E-state index in [0.29, 0.717) is 12.0 Å². The van der Waals surface area contributed by atoms with E-state index in [0.717, 1.165) is 10.5 Å². The van der Waals surface area contributed by atoms with E-state index in [9.17, 15) is 19.7 Å². The van der Waals surface area contributed by atoms with Gasteiger partial charge in [-0.3, -0.25) is 29.3 Å². The molecule has 3 rings (SSSR count). The summed E-state index contributed by atoms with van der Waals surface area (Å²) < 4.78 is 1.64. The first-order chi connectivity index (χ1) is 11.5. The summed E-state index contributed by atoms with van der Waals surface area (Å²) in [6.45, 7) is -0.0711. The Balaban J connectivity index is 1.76. The predicted octanol–water partition coefficient (Wildman–Crippen LogP) is 1.45. The molecular formula is C16H16N4O4. The Labute approximate surface area is 137 Å². The molecule has 1 aromatic carbocycles. The number of hydrogen-bond donors (Lipinski definition) is 0. The summed E-state index contributed by atoms with van der Waals surface area (Å²) in [5, 5.41) is 15.1. The molecule has 0 N–H and O–H groups in total. The summed E-state index contributed by atoms with van der Waals surface area (Å²) in [6.07, 6.45) is 4.03. The first kappa shape index (κ1) is 15.9. The number of aryl methyl sites for hydroxylation is 1. The predicted molar refractivity (Wildman–Crippen MR) is 83.7 cm³/mol. The van der Waals surface area contributed by atoms with Gasteiger partial charge in [-0.1, -0.05) is 18.2 Å². The highest BCUT2D eigenvalue weighted by molar-refractivity contribution is 6.03. The molecule has 1 aliphatic rings. The van der Waals surface area contributed by atoms with Crippen molar-refractivity contribution in [1.29, 1.82) is 0 Å². The molecule has 2 amide bonds. The second-order valence-electron chi connectivity index (χ2n) is 5.83. The molecule has 0 spiro atoms. The monoisotopic (exact) mass is 328 g/mol. The smallest absolute Gasteiger partial charge is 0.274 e. The van der Waals surface area contributed by atoms with E-state index in [1.165, 1.54) is 6.07 Å². The minimum atomic E-state index is -0.506. The van der Waals surface area contributed by atoms with Gasteiger partial charge in [0.25, 0.3) is 5.69 Å². The van der Waals surface area contributed by atoms with Gasteiger partial charge in [-0.05, 0) is 12.0 Å². The highest BCUT2D eigenvalue weighted by Gasteiger charge is 2.39. The quantitative estimate of drug-likeness (QED) is 0.470. The van der Waals surface area contributed by atoms with Crippen molar-refractivity contribution in [1.82, 2.24) is 14.7 Å². The van der Waals surface area contributed by atoms with Crippen LogP contribution in [0.3, 0.4) is 0 Å². The van der Waals surface area contributed by atoms with E-state index in [1.807, 2.05) is 6.20 Å². The normalized spacial score (nSPS) is 17.5. The van der Waals surface area contributed by atoms with Gasteiger partial charge >= 0.3 is 0 Å². The first-order valence-electron chi connectivity index (χ1n) is 7.49. The number of benzene rings is 1. The van der Waals surface area contributed by atoms with Gasteiger partial charge in [-0.2, -0.15) is 5.10 Å². The van der Waals surface area contributed by atoms with Crippen molar-refractivity contribution in [2.45, 2.75) is 19.4 Å². The summed E-state index contributed by atoms with van der Waals surface area (Å²) in [6, 6.07) is 6.14. The van der Waals surface area contributed by atoms with Crippen molar-refractivity contribution in [2.75, 3.05) is 0 Å². The topological polar surface area (TPSA) is 98.3 Å². The second kappa shape index (κ2) is 6.23. The molecule has 1 aromatic heterocycles. The van der Waals surface area contributed by atoms with Gasteiger partial charge in [-0.15, -0.1) is 0 Å². The number of hydrogen-bond acceptors (Lipinski definition) is 5. The SMILES string of the molecule is Cn1cc(C[C@@H]2CC(=O)N(Cc3ccccc3[N+](=O)[O-])C2=O)cn1. The lowest BCUT2D eigenvalue weighted by molar-refractivity contribution is -0.385. The summed E-state index contributed by atoms with van der Waals surface area (Å²) in [5.74, 6) is -1.03. The van der Waals surface area contributed by atoms with Crippen LogP contribution in [0.4, 0.5) is 5.69 Å². The third-order valence-electron chi connectivity index (χ3n) is 4.09. The van der Waals surface area contributed by atoms with E-state index >= 15 is 0 Å². The van der Waals surface area contributed by atoms with E-state index in [4.69, 9.17) is 0 Å². The highest BCUT2D eigenvalue weighted by Crippen LogP contribution is 2.27. The third kappa shape index (κ3) is 3.03. The number of rotatable bonds is 5. The van der Waals surface area contributed by atoms with Crippen LogP contribution in [0.1, 0.15) is 17.5 Å². The Hall–Kier alpha value is -3.03. The average molecular weight is 328 g/mol. The molecule has 2 aromatic rings. The minimum absolute atomic E-state index is 0.0711. The molecule has 1 saturated heterocycles. The van der Waals surface area contributed by atoms with Gasteiger partial charge in [0.05, 0.1) is 23.6 Å². The fraction of sp³-hybridized carbons (Fsp3) is 0.312. The van der Waals surface area contributed by atoms with Gasteiger partial charge in [0.15, 0.2) is 0 Å². The number of carbonyl (C=O) groups excluding carboxylic acids is 2. The number of carbonyl (C=O) groups is 2. The van der Waals surface area contributed by atoms with Crippen molar-refractivity contribution in [3.8, 4) is 0 Å². The maximum absolute atomic E-state index is 12.5. The lowest BCUT2D eigenvalue weighted by atomic mass is 10.0. The van der Waals surface area contributed by atoms with Crippen molar-refractivity contribution >= 4 is 17.5 Å². The van der Waals surface area contributed by atoms with Gasteiger partial charge in [-0.25, -0.2) is 0 Å². The Bertz CT molecular complexity index is 814. The average Bonchev–Trinajstić information content (AvgIpc) is 3.06. The lowest BCUT2D eigenvalue weighted by Gasteiger charge is -2.15. The number of nitro benzene ring substituents is 1. The molecular weight excluding hydrogens is 312 g/mol. The highest BCUT2D eigenvalue weighted by atomic mass is 16.6. The number of imide groups is 1. The zero-order valence-electron chi connectivity index (χ0n) is 13.1. The molecule has 1 aliphatic heterocycles.